The van der Waals surface area contributed by atoms with Crippen LogP contribution < -0.4 is 5.32 Å². The maximum Gasteiger partial charge on any atom is 0.310 e. The topological polar surface area (TPSA) is 38.3 Å². The summed E-state index contributed by atoms with van der Waals surface area (Å²) < 4.78 is 17.9. The molecule has 1 saturated heterocycles. The lowest BCUT2D eigenvalue weighted by Crippen LogP contribution is -2.24. The van der Waals surface area contributed by atoms with Gasteiger partial charge in [-0.15, -0.1) is 0 Å². The van der Waals surface area contributed by atoms with Crippen molar-refractivity contribution in [3.05, 3.63) is 35.6 Å². The second-order valence-corrected chi connectivity index (χ2v) is 4.17. The number of carbonyl (C=O) groups excluding carboxylic acids is 1. The summed E-state index contributed by atoms with van der Waals surface area (Å²) in [4.78, 5) is 11.8. The SMILES string of the molecule is CCOC(=O)C1CNCC1c1ccc(F)cc1. The molecule has 1 N–H and O–H groups in total. The minimum absolute atomic E-state index is 0.0784. The van der Waals surface area contributed by atoms with Crippen molar-refractivity contribution in [2.24, 2.45) is 5.92 Å². The fourth-order valence-corrected chi connectivity index (χ4v) is 2.24. The highest BCUT2D eigenvalue weighted by Crippen LogP contribution is 2.29. The Labute approximate surface area is 100.0 Å². The van der Waals surface area contributed by atoms with E-state index in [1.165, 1.54) is 12.1 Å². The van der Waals surface area contributed by atoms with E-state index in [2.05, 4.69) is 5.32 Å². The first-order valence-electron chi connectivity index (χ1n) is 5.85. The second kappa shape index (κ2) is 5.27. The number of halogens is 1. The monoisotopic (exact) mass is 237 g/mol. The van der Waals surface area contributed by atoms with E-state index < -0.39 is 0 Å². The Morgan fingerprint density at radius 3 is 2.76 bits per heavy atom. The number of rotatable bonds is 3. The van der Waals surface area contributed by atoms with Gasteiger partial charge in [0.05, 0.1) is 12.5 Å². The largest absolute Gasteiger partial charge is 0.466 e. The summed E-state index contributed by atoms with van der Waals surface area (Å²) in [5, 5.41) is 3.18. The van der Waals surface area contributed by atoms with Crippen LogP contribution in [0.3, 0.4) is 0 Å². The molecule has 1 heterocycles. The molecule has 2 rings (SSSR count). The Balaban J connectivity index is 2.14. The molecule has 4 heteroatoms. The quantitative estimate of drug-likeness (QED) is 0.813. The normalized spacial score (nSPS) is 23.6. The highest BCUT2D eigenvalue weighted by atomic mass is 19.1. The molecule has 0 aliphatic carbocycles. The van der Waals surface area contributed by atoms with Crippen LogP contribution in [0.4, 0.5) is 4.39 Å². The standard InChI is InChI=1S/C13H16FNO2/c1-2-17-13(16)12-8-15-7-11(12)9-3-5-10(14)6-4-9/h3-6,11-12,15H,2,7-8H2,1H3. The van der Waals surface area contributed by atoms with E-state index >= 15 is 0 Å². The van der Waals surface area contributed by atoms with Gasteiger partial charge in [0.2, 0.25) is 0 Å². The summed E-state index contributed by atoms with van der Waals surface area (Å²) in [7, 11) is 0. The van der Waals surface area contributed by atoms with Crippen LogP contribution in [-0.2, 0) is 9.53 Å². The molecule has 1 fully saturated rings. The van der Waals surface area contributed by atoms with E-state index in [9.17, 15) is 9.18 Å². The predicted molar refractivity (Wildman–Crippen MR) is 62.1 cm³/mol. The molecular formula is C13H16FNO2. The van der Waals surface area contributed by atoms with E-state index in [0.29, 0.717) is 13.2 Å². The molecule has 1 aliphatic rings. The minimum Gasteiger partial charge on any atom is -0.466 e. The fraction of sp³-hybridized carbons (Fsp3) is 0.462. The van der Waals surface area contributed by atoms with Gasteiger partial charge >= 0.3 is 5.97 Å². The fourth-order valence-electron chi connectivity index (χ4n) is 2.24. The second-order valence-electron chi connectivity index (χ2n) is 4.17. The van der Waals surface area contributed by atoms with Crippen LogP contribution in [0.25, 0.3) is 0 Å². The van der Waals surface area contributed by atoms with Crippen molar-refractivity contribution in [2.75, 3.05) is 19.7 Å². The van der Waals surface area contributed by atoms with E-state index in [4.69, 9.17) is 4.74 Å². The lowest BCUT2D eigenvalue weighted by Gasteiger charge is -2.17. The Kier molecular flexibility index (Phi) is 3.74. The molecule has 1 aromatic rings. The van der Waals surface area contributed by atoms with Crippen molar-refractivity contribution in [3.63, 3.8) is 0 Å². The molecule has 0 bridgehead atoms. The molecular weight excluding hydrogens is 221 g/mol. The molecule has 0 spiro atoms. The molecule has 2 atom stereocenters. The zero-order valence-corrected chi connectivity index (χ0v) is 9.78. The van der Waals surface area contributed by atoms with Gasteiger partial charge in [-0.1, -0.05) is 12.1 Å². The number of benzene rings is 1. The Morgan fingerprint density at radius 2 is 2.12 bits per heavy atom. The average Bonchev–Trinajstić information content (AvgIpc) is 2.79. The number of esters is 1. The van der Waals surface area contributed by atoms with E-state index in [1.54, 1.807) is 19.1 Å². The molecule has 3 nitrogen and oxygen atoms in total. The predicted octanol–water partition coefficient (Wildman–Crippen LogP) is 1.69. The van der Waals surface area contributed by atoms with E-state index in [-0.39, 0.29) is 23.6 Å². The first kappa shape index (κ1) is 12.0. The summed E-state index contributed by atoms with van der Waals surface area (Å²) in [5.74, 6) is -0.519. The molecule has 1 aromatic carbocycles. The summed E-state index contributed by atoms with van der Waals surface area (Å²) in [6.07, 6.45) is 0. The maximum absolute atomic E-state index is 12.8. The van der Waals surface area contributed by atoms with Gasteiger partial charge < -0.3 is 10.1 Å². The van der Waals surface area contributed by atoms with Crippen molar-refractivity contribution < 1.29 is 13.9 Å². The molecule has 0 radical (unpaired) electrons. The summed E-state index contributed by atoms with van der Waals surface area (Å²) in [5.41, 5.74) is 0.981. The molecule has 0 saturated carbocycles. The van der Waals surface area contributed by atoms with Crippen molar-refractivity contribution in [1.29, 1.82) is 0 Å². The van der Waals surface area contributed by atoms with Crippen LogP contribution in [0.1, 0.15) is 18.4 Å². The van der Waals surface area contributed by atoms with Crippen molar-refractivity contribution >= 4 is 5.97 Å². The number of nitrogens with one attached hydrogen (secondary N) is 1. The molecule has 2 unspecified atom stereocenters. The summed E-state index contributed by atoms with van der Waals surface area (Å²) >= 11 is 0. The van der Waals surface area contributed by atoms with Crippen LogP contribution >= 0.6 is 0 Å². The van der Waals surface area contributed by atoms with Crippen LogP contribution in [0.2, 0.25) is 0 Å². The third-order valence-corrected chi connectivity index (χ3v) is 3.10. The van der Waals surface area contributed by atoms with E-state index in [1.807, 2.05) is 0 Å². The molecule has 1 aliphatic heterocycles. The van der Waals surface area contributed by atoms with Gasteiger partial charge in [-0.25, -0.2) is 4.39 Å². The highest BCUT2D eigenvalue weighted by molar-refractivity contribution is 5.74. The van der Waals surface area contributed by atoms with Crippen LogP contribution in [0, 0.1) is 11.7 Å². The third-order valence-electron chi connectivity index (χ3n) is 3.10. The smallest absolute Gasteiger partial charge is 0.310 e. The molecule has 0 amide bonds. The molecule has 92 valence electrons. The van der Waals surface area contributed by atoms with Gasteiger partial charge in [-0.05, 0) is 24.6 Å². The minimum atomic E-state index is -0.257. The van der Waals surface area contributed by atoms with Crippen molar-refractivity contribution in [1.82, 2.24) is 5.32 Å². The van der Waals surface area contributed by atoms with Crippen LogP contribution in [0.5, 0.6) is 0 Å². The Bertz CT molecular complexity index is 391. The van der Waals surface area contributed by atoms with Gasteiger partial charge in [-0.2, -0.15) is 0 Å². The summed E-state index contributed by atoms with van der Waals surface area (Å²) in [6.45, 7) is 3.55. The highest BCUT2D eigenvalue weighted by Gasteiger charge is 2.34. The summed E-state index contributed by atoms with van der Waals surface area (Å²) in [6, 6.07) is 6.32. The van der Waals surface area contributed by atoms with Gasteiger partial charge in [0.15, 0.2) is 0 Å². The van der Waals surface area contributed by atoms with Crippen molar-refractivity contribution in [3.8, 4) is 0 Å². The average molecular weight is 237 g/mol. The Hall–Kier alpha value is -1.42. The zero-order chi connectivity index (χ0) is 12.3. The molecule has 0 aromatic heterocycles. The van der Waals surface area contributed by atoms with E-state index in [0.717, 1.165) is 12.1 Å². The lowest BCUT2D eigenvalue weighted by molar-refractivity contribution is -0.147. The number of hydrogen-bond acceptors (Lipinski definition) is 3. The van der Waals surface area contributed by atoms with Crippen LogP contribution in [-0.4, -0.2) is 25.7 Å². The van der Waals surface area contributed by atoms with Gasteiger partial charge in [0.1, 0.15) is 5.82 Å². The first-order valence-corrected chi connectivity index (χ1v) is 5.85. The zero-order valence-electron chi connectivity index (χ0n) is 9.78. The maximum atomic E-state index is 12.8. The number of carbonyl (C=O) groups is 1. The third kappa shape index (κ3) is 2.64. The number of ether oxygens (including phenoxy) is 1. The molecule has 17 heavy (non-hydrogen) atoms. The van der Waals surface area contributed by atoms with Gasteiger partial charge in [-0.3, -0.25) is 4.79 Å². The lowest BCUT2D eigenvalue weighted by atomic mass is 9.89. The van der Waals surface area contributed by atoms with Crippen molar-refractivity contribution in [2.45, 2.75) is 12.8 Å². The first-order chi connectivity index (χ1) is 8.22. The number of hydrogen-bond donors (Lipinski definition) is 1. The van der Waals surface area contributed by atoms with Crippen LogP contribution in [0.15, 0.2) is 24.3 Å². The van der Waals surface area contributed by atoms with Gasteiger partial charge in [0.25, 0.3) is 0 Å². The Morgan fingerprint density at radius 1 is 1.41 bits per heavy atom. The van der Waals surface area contributed by atoms with Gasteiger partial charge in [0, 0.05) is 19.0 Å².